The highest BCUT2D eigenvalue weighted by atomic mass is 35.5. The monoisotopic (exact) mass is 610 g/mol. The Morgan fingerprint density at radius 1 is 1.13 bits per heavy atom. The third kappa shape index (κ3) is 5.11. The van der Waals surface area contributed by atoms with Crippen LogP contribution in [0.3, 0.4) is 0 Å². The van der Waals surface area contributed by atoms with Crippen molar-refractivity contribution in [1.82, 2.24) is 19.5 Å². The molecule has 0 saturated carbocycles. The zero-order valence-electron chi connectivity index (χ0n) is 20.7. The number of imidazole rings is 1. The van der Waals surface area contributed by atoms with Crippen molar-refractivity contribution in [3.8, 4) is 0 Å². The number of aromatic nitrogens is 2. The van der Waals surface area contributed by atoms with Crippen LogP contribution in [-0.4, -0.2) is 67.8 Å². The summed E-state index contributed by atoms with van der Waals surface area (Å²) in [4.78, 5) is 19.4. The lowest BCUT2D eigenvalue weighted by atomic mass is 10.0. The third-order valence-corrected chi connectivity index (χ3v) is 8.56. The van der Waals surface area contributed by atoms with Crippen LogP contribution in [0.2, 0.25) is 0 Å². The van der Waals surface area contributed by atoms with Gasteiger partial charge in [0.15, 0.2) is 5.70 Å². The van der Waals surface area contributed by atoms with Gasteiger partial charge in [-0.2, -0.15) is 17.8 Å². The van der Waals surface area contributed by atoms with Crippen molar-refractivity contribution in [3.63, 3.8) is 0 Å². The van der Waals surface area contributed by atoms with E-state index in [1.54, 1.807) is 17.8 Å². The molecule has 38 heavy (non-hydrogen) atoms. The van der Waals surface area contributed by atoms with Gasteiger partial charge in [-0.3, -0.25) is 4.79 Å². The summed E-state index contributed by atoms with van der Waals surface area (Å²) >= 11 is 1.79. The van der Waals surface area contributed by atoms with Crippen LogP contribution in [0.5, 0.6) is 0 Å². The molecule has 4 aliphatic rings. The number of allylic oxidation sites excluding steroid dienone is 3. The number of halogens is 6. The van der Waals surface area contributed by atoms with Crippen molar-refractivity contribution in [1.29, 1.82) is 0 Å². The number of carbonyl (C=O) groups excluding carboxylic acids is 1. The number of piperidine rings is 1. The van der Waals surface area contributed by atoms with Crippen LogP contribution in [0, 0.1) is 6.92 Å². The number of fused-ring (bicyclic) bond motifs is 2. The number of amides is 1. The van der Waals surface area contributed by atoms with Gasteiger partial charge < -0.3 is 9.47 Å². The van der Waals surface area contributed by atoms with Crippen LogP contribution < -0.4 is 0 Å². The molecule has 1 aromatic heterocycles. The molecule has 4 aliphatic heterocycles. The molecular formula is C25H30Cl3F3N5OS+. The van der Waals surface area contributed by atoms with Crippen molar-refractivity contribution in [3.05, 3.63) is 65.3 Å². The highest BCUT2D eigenvalue weighted by molar-refractivity contribution is 7.99. The van der Waals surface area contributed by atoms with Gasteiger partial charge in [0.1, 0.15) is 18.6 Å². The summed E-state index contributed by atoms with van der Waals surface area (Å²) in [6, 6.07) is 4.01. The minimum Gasteiger partial charge on any atom is -0.329 e. The number of carbonyl (C=O) groups is 1. The number of quaternary nitrogens is 1. The van der Waals surface area contributed by atoms with Gasteiger partial charge in [-0.15, -0.1) is 54.0 Å². The SMILES string of the molecule is Cc1nc2cc(C(F)(F)F)ccc2n1C1CCN([N@@+]23C=CC=C2C=C(C(=O)N2CCSC2)C3)CC1.Cl.Cl.Cl. The zero-order valence-corrected chi connectivity index (χ0v) is 24.0. The minimum absolute atomic E-state index is 0. The van der Waals surface area contributed by atoms with Crippen LogP contribution in [0.4, 0.5) is 13.2 Å². The van der Waals surface area contributed by atoms with E-state index < -0.39 is 11.7 Å². The maximum Gasteiger partial charge on any atom is 0.416 e. The average molecular weight is 612 g/mol. The maximum atomic E-state index is 13.2. The first-order valence-electron chi connectivity index (χ1n) is 11.9. The topological polar surface area (TPSA) is 41.4 Å². The molecule has 6 nitrogen and oxygen atoms in total. The van der Waals surface area contributed by atoms with Gasteiger partial charge in [-0.25, -0.2) is 4.98 Å². The number of benzene rings is 1. The molecule has 2 fully saturated rings. The predicted octanol–water partition coefficient (Wildman–Crippen LogP) is 5.88. The van der Waals surface area contributed by atoms with Gasteiger partial charge >= 0.3 is 6.18 Å². The molecule has 208 valence electrons. The van der Waals surface area contributed by atoms with Crippen molar-refractivity contribution in [2.45, 2.75) is 32.0 Å². The summed E-state index contributed by atoms with van der Waals surface area (Å²) < 4.78 is 42.1. The molecule has 2 saturated heterocycles. The molecule has 1 atom stereocenters. The van der Waals surface area contributed by atoms with Gasteiger partial charge in [-0.05, 0) is 44.0 Å². The van der Waals surface area contributed by atoms with E-state index >= 15 is 0 Å². The van der Waals surface area contributed by atoms with Gasteiger partial charge in [0.2, 0.25) is 0 Å². The minimum atomic E-state index is -4.38. The fourth-order valence-electron chi connectivity index (χ4n) is 5.87. The summed E-state index contributed by atoms with van der Waals surface area (Å²) in [5, 5.41) is 2.41. The van der Waals surface area contributed by atoms with Crippen molar-refractivity contribution < 1.29 is 22.6 Å². The second kappa shape index (κ2) is 11.4. The van der Waals surface area contributed by atoms with E-state index in [9.17, 15) is 18.0 Å². The van der Waals surface area contributed by atoms with Crippen molar-refractivity contribution in [2.24, 2.45) is 0 Å². The van der Waals surface area contributed by atoms with Gasteiger partial charge in [0, 0.05) is 30.5 Å². The summed E-state index contributed by atoms with van der Waals surface area (Å²) in [6.07, 6.45) is 5.73. The Kier molecular flexibility index (Phi) is 9.28. The van der Waals surface area contributed by atoms with Crippen LogP contribution in [-0.2, 0) is 11.0 Å². The summed E-state index contributed by atoms with van der Waals surface area (Å²) in [6.45, 7) is 4.95. The van der Waals surface area contributed by atoms with E-state index in [0.717, 1.165) is 78.8 Å². The molecule has 0 unspecified atom stereocenters. The third-order valence-electron chi connectivity index (χ3n) is 7.60. The van der Waals surface area contributed by atoms with Crippen LogP contribution in [0.15, 0.2) is 53.9 Å². The molecular weight excluding hydrogens is 582 g/mol. The molecule has 1 aromatic carbocycles. The number of hydrogen-bond acceptors (Lipinski definition) is 4. The first-order chi connectivity index (χ1) is 16.8. The van der Waals surface area contributed by atoms with Gasteiger partial charge in [-0.1, -0.05) is 0 Å². The number of hydrogen-bond donors (Lipinski definition) is 0. The molecule has 2 aromatic rings. The van der Waals surface area contributed by atoms with E-state index in [-0.39, 0.29) is 49.2 Å². The first-order valence-corrected chi connectivity index (χ1v) is 13.1. The highest BCUT2D eigenvalue weighted by Gasteiger charge is 2.48. The van der Waals surface area contributed by atoms with E-state index in [2.05, 4.69) is 39.0 Å². The maximum absolute atomic E-state index is 13.2. The fourth-order valence-corrected chi connectivity index (χ4v) is 6.82. The van der Waals surface area contributed by atoms with E-state index in [1.165, 1.54) is 0 Å². The molecule has 1 amide bonds. The predicted molar refractivity (Wildman–Crippen MR) is 151 cm³/mol. The smallest absolute Gasteiger partial charge is 0.329 e. The molecule has 0 radical (unpaired) electrons. The summed E-state index contributed by atoms with van der Waals surface area (Å²) in [7, 11) is 0. The highest BCUT2D eigenvalue weighted by Crippen LogP contribution is 2.41. The lowest BCUT2D eigenvalue weighted by Gasteiger charge is -2.43. The van der Waals surface area contributed by atoms with Gasteiger partial charge in [0.05, 0.1) is 41.1 Å². The number of rotatable bonds is 3. The number of aryl methyl sites for hydroxylation is 1. The van der Waals surface area contributed by atoms with Crippen molar-refractivity contribution in [2.75, 3.05) is 37.8 Å². The number of alkyl halides is 3. The van der Waals surface area contributed by atoms with E-state index in [0.29, 0.717) is 16.7 Å². The quantitative estimate of drug-likeness (QED) is 0.407. The second-order valence-electron chi connectivity index (χ2n) is 9.61. The molecule has 6 rings (SSSR count). The standard InChI is InChI=1S/C25H27F3N5OS.3ClH/c1-17-29-22-14-19(25(26,27)28)4-5-23(22)32(17)20-6-8-31(9-7-20)33-11-2-3-21(33)13-18(15-33)24(34)30-10-12-35-16-30;;;/h2-5,11,13-14,20H,6-10,12,15-16H2,1H3;3*1H/q+1;;;/t33-;;;/m1.../s1. The molecule has 0 aliphatic carbocycles. The Morgan fingerprint density at radius 2 is 1.87 bits per heavy atom. The molecule has 5 heterocycles. The van der Waals surface area contributed by atoms with Crippen molar-refractivity contribution >= 4 is 65.9 Å². The molecule has 0 spiro atoms. The first kappa shape index (κ1) is 30.8. The van der Waals surface area contributed by atoms with Crippen LogP contribution >= 0.6 is 49.0 Å². The summed E-state index contributed by atoms with van der Waals surface area (Å²) in [5.41, 5.74) is 2.47. The van der Waals surface area contributed by atoms with Gasteiger partial charge in [0.25, 0.3) is 5.91 Å². The normalized spacial score (nSPS) is 23.4. The lowest BCUT2D eigenvalue weighted by Crippen LogP contribution is -2.56. The Labute approximate surface area is 242 Å². The Bertz CT molecular complexity index is 1300. The van der Waals surface area contributed by atoms with Crippen LogP contribution in [0.25, 0.3) is 11.0 Å². The summed E-state index contributed by atoms with van der Waals surface area (Å²) in [5.74, 6) is 2.64. The fraction of sp³-hybridized carbons (Fsp3) is 0.440. The molecule has 0 bridgehead atoms. The van der Waals surface area contributed by atoms with Crippen LogP contribution in [0.1, 0.15) is 30.3 Å². The molecule has 13 heteroatoms. The zero-order chi connectivity index (χ0) is 24.4. The van der Waals surface area contributed by atoms with E-state index in [4.69, 9.17) is 0 Å². The second-order valence-corrected chi connectivity index (χ2v) is 10.7. The molecule has 0 N–H and O–H groups in total. The largest absolute Gasteiger partial charge is 0.416 e. The lowest BCUT2D eigenvalue weighted by molar-refractivity contribution is -0.949. The Hall–Kier alpha value is -1.69. The Balaban J connectivity index is 0.00000133. The number of thioether (sulfide) groups is 1. The number of nitrogens with zero attached hydrogens (tertiary/aromatic N) is 5. The average Bonchev–Trinajstić information content (AvgIpc) is 3.60. The Morgan fingerprint density at radius 3 is 2.53 bits per heavy atom. The van der Waals surface area contributed by atoms with E-state index in [1.807, 2.05) is 11.8 Å².